The molecule has 1 atom stereocenters. The largest absolute Gasteiger partial charge is 0.481 e. The fourth-order valence-electron chi connectivity index (χ4n) is 2.04. The van der Waals surface area contributed by atoms with Gasteiger partial charge in [0.05, 0.1) is 0 Å². The van der Waals surface area contributed by atoms with Gasteiger partial charge in [0, 0.05) is 45.9 Å². The van der Waals surface area contributed by atoms with Crippen molar-refractivity contribution in [2.75, 3.05) is 27.2 Å². The van der Waals surface area contributed by atoms with Crippen LogP contribution in [0.1, 0.15) is 25.7 Å². The van der Waals surface area contributed by atoms with Crippen molar-refractivity contribution < 1.29 is 19.5 Å². The number of hydrogen-bond donors (Lipinski definition) is 1. The van der Waals surface area contributed by atoms with E-state index in [1.54, 1.807) is 19.0 Å². The highest BCUT2D eigenvalue weighted by Crippen LogP contribution is 2.19. The number of rotatable bonds is 5. The van der Waals surface area contributed by atoms with Crippen LogP contribution in [0.4, 0.5) is 0 Å². The highest BCUT2D eigenvalue weighted by Gasteiger charge is 2.30. The molecule has 1 N–H and O–H groups in total. The van der Waals surface area contributed by atoms with Gasteiger partial charge in [0.25, 0.3) is 0 Å². The summed E-state index contributed by atoms with van der Waals surface area (Å²) in [5, 5.41) is 8.52. The zero-order chi connectivity index (χ0) is 13.7. The van der Waals surface area contributed by atoms with Crippen molar-refractivity contribution in [3.05, 3.63) is 0 Å². The molecule has 0 aromatic rings. The maximum absolute atomic E-state index is 12.0. The summed E-state index contributed by atoms with van der Waals surface area (Å²) >= 11 is 0. The van der Waals surface area contributed by atoms with Gasteiger partial charge < -0.3 is 14.9 Å². The Bertz CT molecular complexity index is 343. The number of carboxylic acid groups (broad SMARTS) is 1. The molecule has 1 unspecified atom stereocenters. The summed E-state index contributed by atoms with van der Waals surface area (Å²) in [7, 11) is 3.40. The molecule has 102 valence electrons. The van der Waals surface area contributed by atoms with Crippen molar-refractivity contribution in [1.29, 1.82) is 0 Å². The smallest absolute Gasteiger partial charge is 0.303 e. The normalized spacial score (nSPS) is 19.8. The first-order valence-corrected chi connectivity index (χ1v) is 6.12. The molecule has 2 amide bonds. The minimum absolute atomic E-state index is 0.00136. The lowest BCUT2D eigenvalue weighted by Gasteiger charge is -2.30. The maximum Gasteiger partial charge on any atom is 0.303 e. The Morgan fingerprint density at radius 3 is 2.72 bits per heavy atom. The van der Waals surface area contributed by atoms with Gasteiger partial charge in [-0.2, -0.15) is 0 Å². The number of aliphatic carboxylic acids is 1. The molecule has 1 rings (SSSR count). The molecule has 18 heavy (non-hydrogen) atoms. The molecular weight excluding hydrogens is 236 g/mol. The number of piperidine rings is 1. The van der Waals surface area contributed by atoms with E-state index in [9.17, 15) is 14.4 Å². The maximum atomic E-state index is 12.0. The van der Waals surface area contributed by atoms with Gasteiger partial charge in [-0.25, -0.2) is 0 Å². The molecule has 0 spiro atoms. The summed E-state index contributed by atoms with van der Waals surface area (Å²) in [5.74, 6) is -1.16. The van der Waals surface area contributed by atoms with Crippen LogP contribution in [-0.2, 0) is 14.4 Å². The first-order chi connectivity index (χ1) is 8.41. The SMILES string of the molecule is CN1CCC(C(=O)N(C)CCCC(=O)O)CC1=O. The molecule has 0 bridgehead atoms. The average Bonchev–Trinajstić information content (AvgIpc) is 2.31. The van der Waals surface area contributed by atoms with Crippen molar-refractivity contribution in [2.24, 2.45) is 5.92 Å². The highest BCUT2D eigenvalue weighted by molar-refractivity contribution is 5.86. The van der Waals surface area contributed by atoms with Gasteiger partial charge in [-0.3, -0.25) is 14.4 Å². The van der Waals surface area contributed by atoms with Crippen LogP contribution in [0.3, 0.4) is 0 Å². The van der Waals surface area contributed by atoms with Gasteiger partial charge in [-0.15, -0.1) is 0 Å². The molecule has 6 heteroatoms. The number of carbonyl (C=O) groups excluding carboxylic acids is 2. The van der Waals surface area contributed by atoms with E-state index in [1.165, 1.54) is 4.90 Å². The molecule has 1 fully saturated rings. The summed E-state index contributed by atoms with van der Waals surface area (Å²) in [6.07, 6.45) is 1.45. The molecule has 0 saturated carbocycles. The third kappa shape index (κ3) is 4.01. The Kier molecular flexibility index (Phi) is 5.12. The minimum Gasteiger partial charge on any atom is -0.481 e. The van der Waals surface area contributed by atoms with Gasteiger partial charge in [0.2, 0.25) is 11.8 Å². The van der Waals surface area contributed by atoms with Crippen LogP contribution in [-0.4, -0.2) is 59.9 Å². The number of carboxylic acids is 1. The zero-order valence-corrected chi connectivity index (χ0v) is 10.9. The van der Waals surface area contributed by atoms with E-state index >= 15 is 0 Å². The van der Waals surface area contributed by atoms with Crippen molar-refractivity contribution >= 4 is 17.8 Å². The zero-order valence-electron chi connectivity index (χ0n) is 10.9. The van der Waals surface area contributed by atoms with Crippen LogP contribution in [0.25, 0.3) is 0 Å². The Balaban J connectivity index is 2.39. The third-order valence-corrected chi connectivity index (χ3v) is 3.27. The molecule has 1 saturated heterocycles. The number of likely N-dealkylation sites (tertiary alicyclic amines) is 1. The molecule has 1 aliphatic heterocycles. The highest BCUT2D eigenvalue weighted by atomic mass is 16.4. The van der Waals surface area contributed by atoms with Gasteiger partial charge >= 0.3 is 5.97 Å². The van der Waals surface area contributed by atoms with Crippen molar-refractivity contribution in [2.45, 2.75) is 25.7 Å². The molecule has 0 aromatic carbocycles. The first kappa shape index (κ1) is 14.5. The quantitative estimate of drug-likeness (QED) is 0.761. The molecule has 1 aliphatic rings. The molecule has 0 aliphatic carbocycles. The summed E-state index contributed by atoms with van der Waals surface area (Å²) < 4.78 is 0. The van der Waals surface area contributed by atoms with Crippen LogP contribution in [0, 0.1) is 5.92 Å². The van der Waals surface area contributed by atoms with E-state index in [1.807, 2.05) is 0 Å². The van der Waals surface area contributed by atoms with E-state index in [-0.39, 0.29) is 30.6 Å². The lowest BCUT2D eigenvalue weighted by atomic mass is 9.95. The standard InChI is InChI=1S/C12H20N2O4/c1-13-7-5-9(8-10(13)15)12(18)14(2)6-3-4-11(16)17/h9H,3-8H2,1-2H3,(H,16,17). The van der Waals surface area contributed by atoms with Gasteiger partial charge in [-0.05, 0) is 12.8 Å². The molecular formula is C12H20N2O4. The summed E-state index contributed by atoms with van der Waals surface area (Å²) in [5.41, 5.74) is 0. The van der Waals surface area contributed by atoms with Crippen molar-refractivity contribution in [1.82, 2.24) is 9.80 Å². The van der Waals surface area contributed by atoms with E-state index in [0.29, 0.717) is 25.9 Å². The Labute approximate surface area is 107 Å². The van der Waals surface area contributed by atoms with Crippen molar-refractivity contribution in [3.8, 4) is 0 Å². The molecule has 1 heterocycles. The molecule has 0 aromatic heterocycles. The third-order valence-electron chi connectivity index (χ3n) is 3.27. The second-order valence-electron chi connectivity index (χ2n) is 4.76. The van der Waals surface area contributed by atoms with E-state index < -0.39 is 5.97 Å². The fraction of sp³-hybridized carbons (Fsp3) is 0.750. The lowest BCUT2D eigenvalue weighted by Crippen LogP contribution is -2.42. The van der Waals surface area contributed by atoms with Crippen LogP contribution in [0.5, 0.6) is 0 Å². The van der Waals surface area contributed by atoms with Crippen LogP contribution in [0.2, 0.25) is 0 Å². The summed E-state index contributed by atoms with van der Waals surface area (Å²) in [4.78, 5) is 37.1. The van der Waals surface area contributed by atoms with E-state index in [4.69, 9.17) is 5.11 Å². The molecule has 0 radical (unpaired) electrons. The molecule has 6 nitrogen and oxygen atoms in total. The Morgan fingerprint density at radius 2 is 2.17 bits per heavy atom. The van der Waals surface area contributed by atoms with Gasteiger partial charge in [-0.1, -0.05) is 0 Å². The predicted molar refractivity (Wildman–Crippen MR) is 64.9 cm³/mol. The van der Waals surface area contributed by atoms with Gasteiger partial charge in [0.15, 0.2) is 0 Å². The Morgan fingerprint density at radius 1 is 1.50 bits per heavy atom. The van der Waals surface area contributed by atoms with Crippen molar-refractivity contribution in [3.63, 3.8) is 0 Å². The number of carbonyl (C=O) groups is 3. The fourth-order valence-corrected chi connectivity index (χ4v) is 2.04. The van der Waals surface area contributed by atoms with E-state index in [0.717, 1.165) is 0 Å². The van der Waals surface area contributed by atoms with E-state index in [2.05, 4.69) is 0 Å². The van der Waals surface area contributed by atoms with Gasteiger partial charge in [0.1, 0.15) is 0 Å². The lowest BCUT2D eigenvalue weighted by molar-refractivity contribution is -0.143. The Hall–Kier alpha value is -1.59. The second kappa shape index (κ2) is 6.37. The number of hydrogen-bond acceptors (Lipinski definition) is 3. The first-order valence-electron chi connectivity index (χ1n) is 6.12. The van der Waals surface area contributed by atoms with Crippen LogP contribution in [0.15, 0.2) is 0 Å². The topological polar surface area (TPSA) is 77.9 Å². The summed E-state index contributed by atoms with van der Waals surface area (Å²) in [6.45, 7) is 1.03. The number of amides is 2. The van der Waals surface area contributed by atoms with Crippen LogP contribution < -0.4 is 0 Å². The number of nitrogens with zero attached hydrogens (tertiary/aromatic N) is 2. The minimum atomic E-state index is -0.856. The summed E-state index contributed by atoms with van der Waals surface area (Å²) in [6, 6.07) is 0. The average molecular weight is 256 g/mol. The predicted octanol–water partition coefficient (Wildman–Crippen LogP) is 0.178. The van der Waals surface area contributed by atoms with Crippen LogP contribution >= 0.6 is 0 Å². The monoisotopic (exact) mass is 256 g/mol. The second-order valence-corrected chi connectivity index (χ2v) is 4.76.